The van der Waals surface area contributed by atoms with Gasteiger partial charge >= 0.3 is 0 Å². The predicted octanol–water partition coefficient (Wildman–Crippen LogP) is 3.85. The molecule has 2 aliphatic rings. The van der Waals surface area contributed by atoms with Crippen molar-refractivity contribution in [3.05, 3.63) is 90.3 Å². The Morgan fingerprint density at radius 2 is 1.43 bits per heavy atom. The fourth-order valence-corrected chi connectivity index (χ4v) is 5.61. The highest BCUT2D eigenvalue weighted by Gasteiger charge is 2.23. The number of benzene rings is 2. The topological polar surface area (TPSA) is 96.2 Å². The number of anilines is 2. The third-order valence-corrected chi connectivity index (χ3v) is 8.12. The van der Waals surface area contributed by atoms with Gasteiger partial charge in [0.15, 0.2) is 0 Å². The molecule has 1 N–H and O–H groups in total. The van der Waals surface area contributed by atoms with Gasteiger partial charge in [0.2, 0.25) is 0 Å². The van der Waals surface area contributed by atoms with Crippen molar-refractivity contribution >= 4 is 32.8 Å². The minimum absolute atomic E-state index is 0.0390. The Bertz CT molecular complexity index is 1540. The van der Waals surface area contributed by atoms with Crippen LogP contribution in [0.1, 0.15) is 23.2 Å². The molecule has 1 amide bonds. The molecular formula is C28H29F2N5O4S. The Morgan fingerprint density at radius 1 is 0.825 bits per heavy atom. The Morgan fingerprint density at radius 3 is 2.05 bits per heavy atom. The number of rotatable bonds is 5. The summed E-state index contributed by atoms with van der Waals surface area (Å²) in [6, 6.07) is 14.7. The van der Waals surface area contributed by atoms with Gasteiger partial charge in [-0.2, -0.15) is 5.10 Å². The zero-order chi connectivity index (χ0) is 28.1. The van der Waals surface area contributed by atoms with Gasteiger partial charge in [0.05, 0.1) is 35.4 Å². The number of amides is 1. The van der Waals surface area contributed by atoms with Gasteiger partial charge in [-0.25, -0.2) is 26.4 Å². The first kappa shape index (κ1) is 27.5. The van der Waals surface area contributed by atoms with Gasteiger partial charge in [-0.05, 0) is 73.5 Å². The SMILES string of the molecule is Fc1ccc(F)cc1.O=C(NS(=O)(=O)c1ccc(N2CCOCC2)cc1)c1cnn2ccc(N3CCCC3)cc12. The standard InChI is InChI=1S/C22H25N5O4S.C6H4F2/c28-22(20-16-23-27-10-7-18(15-21(20)27)25-8-1-2-9-25)24-32(29,30)19-5-3-17(4-6-19)26-11-13-31-14-12-26;7-5-1-2-6(8)4-3-5/h3-7,10,15-16H,1-2,8-9,11-14H2,(H,24,28);1-4H. The number of pyridine rings is 1. The van der Waals surface area contributed by atoms with E-state index in [0.29, 0.717) is 18.7 Å². The number of nitrogens with zero attached hydrogens (tertiary/aromatic N) is 4. The lowest BCUT2D eigenvalue weighted by atomic mass is 10.2. The van der Waals surface area contributed by atoms with Gasteiger partial charge in [0, 0.05) is 43.8 Å². The maximum Gasteiger partial charge on any atom is 0.268 e. The first-order chi connectivity index (χ1) is 19.3. The van der Waals surface area contributed by atoms with Crippen LogP contribution in [0.2, 0.25) is 0 Å². The van der Waals surface area contributed by atoms with Crippen molar-refractivity contribution in [1.82, 2.24) is 14.3 Å². The molecule has 6 rings (SSSR count). The van der Waals surface area contributed by atoms with Crippen molar-refractivity contribution in [3.8, 4) is 0 Å². The van der Waals surface area contributed by atoms with E-state index in [4.69, 9.17) is 4.74 Å². The molecule has 12 heteroatoms. The average Bonchev–Trinajstić information content (AvgIpc) is 3.66. The van der Waals surface area contributed by atoms with Gasteiger partial charge in [-0.3, -0.25) is 4.79 Å². The number of morpholine rings is 1. The highest BCUT2D eigenvalue weighted by atomic mass is 32.2. The summed E-state index contributed by atoms with van der Waals surface area (Å²) in [5, 5.41) is 4.20. The smallest absolute Gasteiger partial charge is 0.268 e. The molecule has 2 aromatic carbocycles. The number of halogens is 2. The monoisotopic (exact) mass is 569 g/mol. The molecule has 2 fully saturated rings. The summed E-state index contributed by atoms with van der Waals surface area (Å²) in [5.41, 5.74) is 2.73. The largest absolute Gasteiger partial charge is 0.378 e. The summed E-state index contributed by atoms with van der Waals surface area (Å²) < 4.78 is 58.6. The molecule has 2 aromatic heterocycles. The van der Waals surface area contributed by atoms with E-state index >= 15 is 0 Å². The Balaban J connectivity index is 0.000000348. The second kappa shape index (κ2) is 12.0. The molecular weight excluding hydrogens is 540 g/mol. The van der Waals surface area contributed by atoms with Crippen LogP contribution >= 0.6 is 0 Å². The van der Waals surface area contributed by atoms with Gasteiger partial charge in [0.1, 0.15) is 11.6 Å². The van der Waals surface area contributed by atoms with Crippen LogP contribution in [0, 0.1) is 11.6 Å². The zero-order valence-electron chi connectivity index (χ0n) is 21.7. The molecule has 9 nitrogen and oxygen atoms in total. The summed E-state index contributed by atoms with van der Waals surface area (Å²) in [7, 11) is -4.02. The molecule has 0 radical (unpaired) electrons. The highest BCUT2D eigenvalue weighted by molar-refractivity contribution is 7.90. The molecule has 0 aliphatic carbocycles. The molecule has 0 spiro atoms. The minimum Gasteiger partial charge on any atom is -0.378 e. The summed E-state index contributed by atoms with van der Waals surface area (Å²) >= 11 is 0. The maximum absolute atomic E-state index is 12.9. The summed E-state index contributed by atoms with van der Waals surface area (Å²) in [6.07, 6.45) is 5.47. The first-order valence-corrected chi connectivity index (χ1v) is 14.4. The van der Waals surface area contributed by atoms with Crippen LogP contribution in [0.25, 0.3) is 5.52 Å². The number of nitrogens with one attached hydrogen (secondary N) is 1. The molecule has 4 aromatic rings. The minimum atomic E-state index is -4.02. The summed E-state index contributed by atoms with van der Waals surface area (Å²) in [5.74, 6) is -1.52. The number of carbonyl (C=O) groups is 1. The second-order valence-electron chi connectivity index (χ2n) is 9.43. The van der Waals surface area contributed by atoms with Crippen molar-refractivity contribution in [1.29, 1.82) is 0 Å². The van der Waals surface area contributed by atoms with Crippen LogP contribution in [-0.2, 0) is 14.8 Å². The fourth-order valence-electron chi connectivity index (χ4n) is 4.64. The van der Waals surface area contributed by atoms with Crippen LogP contribution in [0.4, 0.5) is 20.2 Å². The summed E-state index contributed by atoms with van der Waals surface area (Å²) in [4.78, 5) is 17.3. The Hall–Kier alpha value is -4.03. The molecule has 0 unspecified atom stereocenters. The van der Waals surface area contributed by atoms with Crippen molar-refractivity contribution in [3.63, 3.8) is 0 Å². The molecule has 40 heavy (non-hydrogen) atoms. The highest BCUT2D eigenvalue weighted by Crippen LogP contribution is 2.24. The van der Waals surface area contributed by atoms with Crippen molar-refractivity contribution in [2.24, 2.45) is 0 Å². The van der Waals surface area contributed by atoms with Crippen LogP contribution in [-0.4, -0.2) is 63.3 Å². The Kier molecular flexibility index (Phi) is 8.27. The lowest BCUT2D eigenvalue weighted by Crippen LogP contribution is -2.36. The molecule has 0 saturated carbocycles. The number of fused-ring (bicyclic) bond motifs is 1. The maximum atomic E-state index is 12.9. The number of sulfonamides is 1. The zero-order valence-corrected chi connectivity index (χ0v) is 22.5. The molecule has 0 atom stereocenters. The van der Waals surface area contributed by atoms with Gasteiger partial charge in [-0.1, -0.05) is 0 Å². The number of hydrogen-bond acceptors (Lipinski definition) is 7. The molecule has 2 aliphatic heterocycles. The fraction of sp³-hybridized carbons (Fsp3) is 0.286. The number of hydrogen-bond donors (Lipinski definition) is 1. The molecule has 2 saturated heterocycles. The van der Waals surface area contributed by atoms with E-state index in [2.05, 4.69) is 19.6 Å². The van der Waals surface area contributed by atoms with Crippen LogP contribution in [0.5, 0.6) is 0 Å². The lowest BCUT2D eigenvalue weighted by molar-refractivity contribution is 0.0983. The normalized spacial score (nSPS) is 15.6. The number of aromatic nitrogens is 2. The van der Waals surface area contributed by atoms with E-state index in [9.17, 15) is 22.0 Å². The quantitative estimate of drug-likeness (QED) is 0.390. The van der Waals surface area contributed by atoms with Crippen molar-refractivity contribution in [2.75, 3.05) is 49.2 Å². The first-order valence-electron chi connectivity index (χ1n) is 12.9. The van der Waals surface area contributed by atoms with E-state index in [1.807, 2.05) is 12.1 Å². The van der Waals surface area contributed by atoms with Crippen molar-refractivity contribution in [2.45, 2.75) is 17.7 Å². The van der Waals surface area contributed by atoms with E-state index in [1.54, 1.807) is 22.8 Å². The van der Waals surface area contributed by atoms with Crippen LogP contribution in [0.3, 0.4) is 0 Å². The molecule has 0 bridgehead atoms. The Labute approximate surface area is 231 Å². The van der Waals surface area contributed by atoms with Gasteiger partial charge in [0.25, 0.3) is 15.9 Å². The van der Waals surface area contributed by atoms with E-state index < -0.39 is 27.6 Å². The number of carbonyl (C=O) groups excluding carboxylic acids is 1. The third kappa shape index (κ3) is 6.40. The number of ether oxygens (including phenoxy) is 1. The van der Waals surface area contributed by atoms with Crippen LogP contribution in [0.15, 0.2) is 78.0 Å². The van der Waals surface area contributed by atoms with E-state index in [0.717, 1.165) is 74.7 Å². The molecule has 4 heterocycles. The average molecular weight is 570 g/mol. The van der Waals surface area contributed by atoms with Gasteiger partial charge < -0.3 is 14.5 Å². The van der Waals surface area contributed by atoms with E-state index in [-0.39, 0.29) is 10.5 Å². The second-order valence-corrected chi connectivity index (χ2v) is 11.1. The van der Waals surface area contributed by atoms with Gasteiger partial charge in [-0.15, -0.1) is 0 Å². The predicted molar refractivity (Wildman–Crippen MR) is 147 cm³/mol. The molecule has 210 valence electrons. The lowest BCUT2D eigenvalue weighted by Gasteiger charge is -2.28. The van der Waals surface area contributed by atoms with Crippen molar-refractivity contribution < 1.29 is 26.7 Å². The summed E-state index contributed by atoms with van der Waals surface area (Å²) in [6.45, 7) is 4.76. The van der Waals surface area contributed by atoms with Crippen LogP contribution < -0.4 is 14.5 Å². The van der Waals surface area contributed by atoms with E-state index in [1.165, 1.54) is 18.3 Å². The third-order valence-electron chi connectivity index (χ3n) is 6.77.